The third-order valence-corrected chi connectivity index (χ3v) is 3.14. The minimum absolute atomic E-state index is 0.117. The zero-order valence-electron chi connectivity index (χ0n) is 13.4. The number of carbonyl (C=O) groups is 1. The second-order valence-electron chi connectivity index (χ2n) is 6.09. The van der Waals surface area contributed by atoms with Gasteiger partial charge < -0.3 is 10.1 Å². The van der Waals surface area contributed by atoms with Crippen LogP contribution in [0.2, 0.25) is 0 Å². The van der Waals surface area contributed by atoms with E-state index in [9.17, 15) is 4.79 Å². The van der Waals surface area contributed by atoms with Gasteiger partial charge in [-0.25, -0.2) is 9.97 Å². The van der Waals surface area contributed by atoms with Crippen molar-refractivity contribution in [2.24, 2.45) is 0 Å². The van der Waals surface area contributed by atoms with Crippen LogP contribution < -0.4 is 5.32 Å². The fourth-order valence-corrected chi connectivity index (χ4v) is 2.00. The van der Waals surface area contributed by atoms with E-state index >= 15 is 0 Å². The lowest BCUT2D eigenvalue weighted by molar-refractivity contribution is 0.102. The smallest absolute Gasteiger partial charge is 0.256 e. The molecule has 0 radical (unpaired) electrons. The Morgan fingerprint density at radius 3 is 2.41 bits per heavy atom. The van der Waals surface area contributed by atoms with Gasteiger partial charge in [0.05, 0.1) is 24.7 Å². The normalized spacial score (nSPS) is 11.3. The van der Waals surface area contributed by atoms with Crippen LogP contribution in [0.15, 0.2) is 36.7 Å². The number of hydrogen-bond donors (Lipinski definition) is 1. The minimum Gasteiger partial charge on any atom is -0.380 e. The summed E-state index contributed by atoms with van der Waals surface area (Å²) in [5.41, 5.74) is 1.89. The first kappa shape index (κ1) is 16.1. The minimum atomic E-state index is -0.195. The van der Waals surface area contributed by atoms with Crippen LogP contribution >= 0.6 is 0 Å². The second-order valence-corrected chi connectivity index (χ2v) is 6.09. The summed E-state index contributed by atoms with van der Waals surface area (Å²) in [7, 11) is 1.60. The molecule has 1 N–H and O–H groups in total. The molecule has 0 saturated heterocycles. The molecule has 0 aliphatic rings. The van der Waals surface area contributed by atoms with Crippen molar-refractivity contribution in [2.75, 3.05) is 12.4 Å². The summed E-state index contributed by atoms with van der Waals surface area (Å²) >= 11 is 0. The van der Waals surface area contributed by atoms with Crippen molar-refractivity contribution in [3.8, 4) is 0 Å². The van der Waals surface area contributed by atoms with Gasteiger partial charge in [-0.3, -0.25) is 4.79 Å². The molecule has 0 saturated carbocycles. The van der Waals surface area contributed by atoms with Crippen LogP contribution in [0.25, 0.3) is 0 Å². The van der Waals surface area contributed by atoms with Crippen molar-refractivity contribution in [1.29, 1.82) is 0 Å². The molecule has 5 heteroatoms. The van der Waals surface area contributed by atoms with Crippen molar-refractivity contribution in [3.63, 3.8) is 0 Å². The molecule has 1 amide bonds. The summed E-state index contributed by atoms with van der Waals surface area (Å²) in [6, 6.07) is 7.35. The molecule has 5 nitrogen and oxygen atoms in total. The van der Waals surface area contributed by atoms with E-state index in [-0.39, 0.29) is 11.3 Å². The lowest BCUT2D eigenvalue weighted by atomic mass is 9.96. The van der Waals surface area contributed by atoms with E-state index in [0.29, 0.717) is 17.9 Å². The van der Waals surface area contributed by atoms with E-state index in [1.165, 1.54) is 0 Å². The molecule has 0 aliphatic heterocycles. The third kappa shape index (κ3) is 3.89. The summed E-state index contributed by atoms with van der Waals surface area (Å²) in [4.78, 5) is 21.0. The first-order valence-corrected chi connectivity index (χ1v) is 7.12. The number of rotatable bonds is 4. The number of benzene rings is 1. The standard InChI is InChI=1S/C17H21N3O2/c1-17(2,3)16-18-9-13(10-19-16)20-15(21)14-8-6-5-7-12(14)11-22-4/h5-10H,11H2,1-4H3,(H,20,21). The van der Waals surface area contributed by atoms with Gasteiger partial charge in [0.25, 0.3) is 5.91 Å². The number of aromatic nitrogens is 2. The highest BCUT2D eigenvalue weighted by atomic mass is 16.5. The zero-order valence-corrected chi connectivity index (χ0v) is 13.4. The van der Waals surface area contributed by atoms with Gasteiger partial charge in [0, 0.05) is 18.1 Å². The van der Waals surface area contributed by atoms with Crippen LogP contribution in [0.3, 0.4) is 0 Å². The average Bonchev–Trinajstić information content (AvgIpc) is 2.47. The highest BCUT2D eigenvalue weighted by Crippen LogP contribution is 2.19. The van der Waals surface area contributed by atoms with Gasteiger partial charge in [-0.05, 0) is 11.6 Å². The molecular weight excluding hydrogens is 278 g/mol. The van der Waals surface area contributed by atoms with E-state index in [2.05, 4.69) is 15.3 Å². The largest absolute Gasteiger partial charge is 0.380 e. The second kappa shape index (κ2) is 6.66. The maximum atomic E-state index is 12.4. The summed E-state index contributed by atoms with van der Waals surface area (Å²) in [6.07, 6.45) is 3.26. The molecule has 1 heterocycles. The Labute approximate surface area is 130 Å². The Morgan fingerprint density at radius 2 is 1.82 bits per heavy atom. The van der Waals surface area contributed by atoms with Gasteiger partial charge in [-0.15, -0.1) is 0 Å². The van der Waals surface area contributed by atoms with Crippen LogP contribution in [0.5, 0.6) is 0 Å². The number of methoxy groups -OCH3 is 1. The monoisotopic (exact) mass is 299 g/mol. The number of hydrogen-bond acceptors (Lipinski definition) is 4. The summed E-state index contributed by atoms with van der Waals surface area (Å²) < 4.78 is 5.12. The van der Waals surface area contributed by atoms with Gasteiger partial charge in [0.2, 0.25) is 0 Å². The highest BCUT2D eigenvalue weighted by molar-refractivity contribution is 6.05. The summed E-state index contributed by atoms with van der Waals surface area (Å²) in [5.74, 6) is 0.546. The number of carbonyl (C=O) groups excluding carboxylic acids is 1. The van der Waals surface area contributed by atoms with Gasteiger partial charge in [0.15, 0.2) is 0 Å². The van der Waals surface area contributed by atoms with Crippen LogP contribution in [0.1, 0.15) is 42.5 Å². The predicted octanol–water partition coefficient (Wildman–Crippen LogP) is 3.17. The lowest BCUT2D eigenvalue weighted by Crippen LogP contribution is -2.18. The van der Waals surface area contributed by atoms with Crippen molar-refractivity contribution >= 4 is 11.6 Å². The zero-order chi connectivity index (χ0) is 16.2. The van der Waals surface area contributed by atoms with E-state index in [1.807, 2.05) is 39.0 Å². The topological polar surface area (TPSA) is 64.1 Å². The average molecular weight is 299 g/mol. The van der Waals surface area contributed by atoms with E-state index < -0.39 is 0 Å². The highest BCUT2D eigenvalue weighted by Gasteiger charge is 2.17. The molecule has 0 atom stereocenters. The van der Waals surface area contributed by atoms with E-state index in [1.54, 1.807) is 25.6 Å². The number of amides is 1. The fourth-order valence-electron chi connectivity index (χ4n) is 2.00. The number of nitrogens with zero attached hydrogens (tertiary/aromatic N) is 2. The molecule has 0 fully saturated rings. The van der Waals surface area contributed by atoms with E-state index in [0.717, 1.165) is 11.4 Å². The Hall–Kier alpha value is -2.27. The molecular formula is C17H21N3O2. The van der Waals surface area contributed by atoms with Crippen molar-refractivity contribution < 1.29 is 9.53 Å². The van der Waals surface area contributed by atoms with E-state index in [4.69, 9.17) is 4.74 Å². The van der Waals surface area contributed by atoms with Gasteiger partial charge in [-0.1, -0.05) is 39.0 Å². The van der Waals surface area contributed by atoms with Crippen LogP contribution in [-0.4, -0.2) is 23.0 Å². The maximum Gasteiger partial charge on any atom is 0.256 e. The molecule has 22 heavy (non-hydrogen) atoms. The SMILES string of the molecule is COCc1ccccc1C(=O)Nc1cnc(C(C)(C)C)nc1. The Morgan fingerprint density at radius 1 is 1.18 bits per heavy atom. The molecule has 116 valence electrons. The fraction of sp³-hybridized carbons (Fsp3) is 0.353. The Balaban J connectivity index is 2.16. The quantitative estimate of drug-likeness (QED) is 0.941. The molecule has 0 unspecified atom stereocenters. The predicted molar refractivity (Wildman–Crippen MR) is 85.8 cm³/mol. The summed E-state index contributed by atoms with van der Waals surface area (Å²) in [6.45, 7) is 6.52. The molecule has 2 rings (SSSR count). The molecule has 0 aliphatic carbocycles. The van der Waals surface area contributed by atoms with Crippen LogP contribution in [0, 0.1) is 0 Å². The van der Waals surface area contributed by atoms with Crippen molar-refractivity contribution in [1.82, 2.24) is 9.97 Å². The van der Waals surface area contributed by atoms with Gasteiger partial charge in [-0.2, -0.15) is 0 Å². The first-order valence-electron chi connectivity index (χ1n) is 7.12. The molecule has 1 aromatic heterocycles. The maximum absolute atomic E-state index is 12.4. The van der Waals surface area contributed by atoms with Gasteiger partial charge in [0.1, 0.15) is 5.82 Å². The molecule has 0 spiro atoms. The molecule has 2 aromatic rings. The van der Waals surface area contributed by atoms with Crippen LogP contribution in [0.4, 0.5) is 5.69 Å². The number of nitrogens with one attached hydrogen (secondary N) is 1. The van der Waals surface area contributed by atoms with Crippen LogP contribution in [-0.2, 0) is 16.8 Å². The van der Waals surface area contributed by atoms with Crippen molar-refractivity contribution in [2.45, 2.75) is 32.8 Å². The molecule has 1 aromatic carbocycles. The first-order chi connectivity index (χ1) is 10.4. The third-order valence-electron chi connectivity index (χ3n) is 3.14. The molecule has 0 bridgehead atoms. The van der Waals surface area contributed by atoms with Crippen molar-refractivity contribution in [3.05, 3.63) is 53.6 Å². The number of ether oxygens (including phenoxy) is 1. The lowest BCUT2D eigenvalue weighted by Gasteiger charge is -2.16. The summed E-state index contributed by atoms with van der Waals surface area (Å²) in [5, 5.41) is 2.82. The Bertz CT molecular complexity index is 646. The number of anilines is 1. The Kier molecular flexibility index (Phi) is 4.88. The van der Waals surface area contributed by atoms with Gasteiger partial charge >= 0.3 is 0 Å².